The maximum absolute atomic E-state index is 11.5. The van der Waals surface area contributed by atoms with Crippen LogP contribution in [-0.2, 0) is 11.2 Å². The van der Waals surface area contributed by atoms with Crippen LogP contribution in [-0.4, -0.2) is 18.8 Å². The largest absolute Gasteiger partial charge is 0.315 e. The average molecular weight is 226 g/mol. The lowest BCUT2D eigenvalue weighted by atomic mass is 10.1. The molecule has 1 rings (SSSR count). The maximum atomic E-state index is 11.5. The fourth-order valence-corrected chi connectivity index (χ4v) is 1.51. The van der Waals surface area contributed by atoms with Gasteiger partial charge in [0.1, 0.15) is 0 Å². The number of nitrogens with zero attached hydrogens (tertiary/aromatic N) is 1. The van der Waals surface area contributed by atoms with Crippen molar-refractivity contribution in [3.8, 4) is 0 Å². The number of amides is 1. The third kappa shape index (κ3) is 3.24. The molecule has 0 unspecified atom stereocenters. The molecule has 2 nitrogen and oxygen atoms in total. The molecule has 0 fully saturated rings. The SMILES string of the molecule is CCc1ccc(N(C)C(=O)CCCl)cc1. The Morgan fingerprint density at radius 3 is 2.40 bits per heavy atom. The van der Waals surface area contributed by atoms with Crippen LogP contribution in [0.3, 0.4) is 0 Å². The molecule has 0 saturated heterocycles. The van der Waals surface area contributed by atoms with Gasteiger partial charge in [0.05, 0.1) is 0 Å². The number of halogens is 1. The van der Waals surface area contributed by atoms with Gasteiger partial charge in [-0.1, -0.05) is 19.1 Å². The van der Waals surface area contributed by atoms with Crippen LogP contribution in [0.4, 0.5) is 5.69 Å². The van der Waals surface area contributed by atoms with Crippen LogP contribution in [0, 0.1) is 0 Å². The van der Waals surface area contributed by atoms with Gasteiger partial charge < -0.3 is 4.90 Å². The predicted molar refractivity (Wildman–Crippen MR) is 64.6 cm³/mol. The van der Waals surface area contributed by atoms with E-state index in [1.165, 1.54) is 5.56 Å². The Bertz CT molecular complexity index is 321. The Labute approximate surface area is 95.8 Å². The van der Waals surface area contributed by atoms with Gasteiger partial charge in [-0.3, -0.25) is 4.79 Å². The van der Waals surface area contributed by atoms with Crippen LogP contribution in [0.25, 0.3) is 0 Å². The van der Waals surface area contributed by atoms with E-state index < -0.39 is 0 Å². The van der Waals surface area contributed by atoms with Crippen LogP contribution >= 0.6 is 11.6 Å². The van der Waals surface area contributed by atoms with Crippen LogP contribution in [0.1, 0.15) is 18.9 Å². The van der Waals surface area contributed by atoms with E-state index >= 15 is 0 Å². The minimum Gasteiger partial charge on any atom is -0.315 e. The lowest BCUT2D eigenvalue weighted by Gasteiger charge is -2.16. The van der Waals surface area contributed by atoms with Gasteiger partial charge in [-0.2, -0.15) is 0 Å². The first-order valence-corrected chi connectivity index (χ1v) is 5.64. The second kappa shape index (κ2) is 5.76. The van der Waals surface area contributed by atoms with E-state index in [2.05, 4.69) is 6.92 Å². The molecule has 0 N–H and O–H groups in total. The monoisotopic (exact) mass is 225 g/mol. The molecule has 0 spiro atoms. The van der Waals surface area contributed by atoms with Crippen molar-refractivity contribution in [1.29, 1.82) is 0 Å². The van der Waals surface area contributed by atoms with Crippen LogP contribution in [0.2, 0.25) is 0 Å². The van der Waals surface area contributed by atoms with Crippen LogP contribution in [0.15, 0.2) is 24.3 Å². The summed E-state index contributed by atoms with van der Waals surface area (Å²) in [6, 6.07) is 8.01. The normalized spacial score (nSPS) is 10.1. The summed E-state index contributed by atoms with van der Waals surface area (Å²) in [5.74, 6) is 0.421. The molecule has 1 aromatic carbocycles. The predicted octanol–water partition coefficient (Wildman–Crippen LogP) is 2.84. The number of aryl methyl sites for hydroxylation is 1. The molecule has 0 aromatic heterocycles. The molecule has 1 amide bonds. The van der Waals surface area contributed by atoms with E-state index in [1.54, 1.807) is 11.9 Å². The average Bonchev–Trinajstić information content (AvgIpc) is 2.28. The third-order valence-corrected chi connectivity index (χ3v) is 2.60. The Hall–Kier alpha value is -1.02. The molecule has 0 aliphatic rings. The molecule has 0 radical (unpaired) electrons. The first-order chi connectivity index (χ1) is 7.19. The van der Waals surface area contributed by atoms with Gasteiger partial charge >= 0.3 is 0 Å². The second-order valence-corrected chi connectivity index (χ2v) is 3.79. The molecular weight excluding hydrogens is 210 g/mol. The smallest absolute Gasteiger partial charge is 0.227 e. The summed E-state index contributed by atoms with van der Waals surface area (Å²) in [4.78, 5) is 13.2. The Morgan fingerprint density at radius 1 is 1.33 bits per heavy atom. The van der Waals surface area contributed by atoms with Gasteiger partial charge in [0, 0.05) is 25.0 Å². The quantitative estimate of drug-likeness (QED) is 0.722. The molecule has 0 aliphatic heterocycles. The number of carbonyl (C=O) groups is 1. The van der Waals surface area contributed by atoms with Gasteiger partial charge in [0.25, 0.3) is 0 Å². The van der Waals surface area contributed by atoms with Crippen LogP contribution < -0.4 is 4.90 Å². The minimum absolute atomic E-state index is 0.0502. The highest BCUT2D eigenvalue weighted by Crippen LogP contribution is 2.15. The first-order valence-electron chi connectivity index (χ1n) is 5.10. The molecule has 0 aliphatic carbocycles. The lowest BCUT2D eigenvalue weighted by molar-refractivity contribution is -0.117. The van der Waals surface area contributed by atoms with Gasteiger partial charge in [0.2, 0.25) is 5.91 Å². The topological polar surface area (TPSA) is 20.3 Å². The van der Waals surface area contributed by atoms with Crippen molar-refractivity contribution in [3.63, 3.8) is 0 Å². The van der Waals surface area contributed by atoms with E-state index in [0.717, 1.165) is 12.1 Å². The van der Waals surface area contributed by atoms with Gasteiger partial charge in [-0.15, -0.1) is 11.6 Å². The zero-order valence-electron chi connectivity index (χ0n) is 9.16. The molecule has 0 bridgehead atoms. The van der Waals surface area contributed by atoms with E-state index in [4.69, 9.17) is 11.6 Å². The molecular formula is C12H16ClNO. The number of anilines is 1. The highest BCUT2D eigenvalue weighted by atomic mass is 35.5. The van der Waals surface area contributed by atoms with E-state index in [-0.39, 0.29) is 5.91 Å². The van der Waals surface area contributed by atoms with Crippen molar-refractivity contribution in [3.05, 3.63) is 29.8 Å². The van der Waals surface area contributed by atoms with Crippen molar-refractivity contribution in [2.75, 3.05) is 17.8 Å². The fraction of sp³-hybridized carbons (Fsp3) is 0.417. The van der Waals surface area contributed by atoms with E-state index in [0.29, 0.717) is 12.3 Å². The van der Waals surface area contributed by atoms with Crippen molar-refractivity contribution in [1.82, 2.24) is 0 Å². The molecule has 1 aromatic rings. The summed E-state index contributed by atoms with van der Waals surface area (Å²) in [5, 5.41) is 0. The lowest BCUT2D eigenvalue weighted by Crippen LogP contribution is -2.26. The summed E-state index contributed by atoms with van der Waals surface area (Å²) in [7, 11) is 1.77. The van der Waals surface area contributed by atoms with Crippen molar-refractivity contribution >= 4 is 23.2 Å². The molecule has 3 heteroatoms. The summed E-state index contributed by atoms with van der Waals surface area (Å²) >= 11 is 5.53. The number of hydrogen-bond donors (Lipinski definition) is 0. The summed E-state index contributed by atoms with van der Waals surface area (Å²) in [5.41, 5.74) is 2.19. The molecule has 0 heterocycles. The van der Waals surface area contributed by atoms with Gasteiger partial charge in [-0.25, -0.2) is 0 Å². The standard InChI is InChI=1S/C12H16ClNO/c1-3-10-4-6-11(7-5-10)14(2)12(15)8-9-13/h4-7H,3,8-9H2,1-2H3. The first kappa shape index (κ1) is 12.1. The number of alkyl halides is 1. The van der Waals surface area contributed by atoms with Crippen molar-refractivity contribution < 1.29 is 4.79 Å². The second-order valence-electron chi connectivity index (χ2n) is 3.41. The fourth-order valence-electron chi connectivity index (χ4n) is 1.35. The Balaban J connectivity index is 2.73. The molecule has 15 heavy (non-hydrogen) atoms. The third-order valence-electron chi connectivity index (χ3n) is 2.41. The Morgan fingerprint density at radius 2 is 1.93 bits per heavy atom. The van der Waals surface area contributed by atoms with E-state index in [1.807, 2.05) is 24.3 Å². The van der Waals surface area contributed by atoms with Crippen molar-refractivity contribution in [2.24, 2.45) is 0 Å². The zero-order valence-corrected chi connectivity index (χ0v) is 9.92. The van der Waals surface area contributed by atoms with E-state index in [9.17, 15) is 4.79 Å². The summed E-state index contributed by atoms with van der Waals surface area (Å²) in [6.07, 6.45) is 1.40. The highest BCUT2D eigenvalue weighted by molar-refractivity contribution is 6.19. The van der Waals surface area contributed by atoms with Gasteiger partial charge in [-0.05, 0) is 24.1 Å². The van der Waals surface area contributed by atoms with Gasteiger partial charge in [0.15, 0.2) is 0 Å². The summed E-state index contributed by atoms with van der Waals surface area (Å²) in [6.45, 7) is 2.11. The maximum Gasteiger partial charge on any atom is 0.227 e. The summed E-state index contributed by atoms with van der Waals surface area (Å²) < 4.78 is 0. The van der Waals surface area contributed by atoms with Crippen molar-refractivity contribution in [2.45, 2.75) is 19.8 Å². The van der Waals surface area contributed by atoms with Crippen LogP contribution in [0.5, 0.6) is 0 Å². The number of rotatable bonds is 4. The molecule has 0 saturated carbocycles. The zero-order chi connectivity index (χ0) is 11.3. The Kier molecular flexibility index (Phi) is 4.63. The number of hydrogen-bond acceptors (Lipinski definition) is 1. The molecule has 82 valence electrons. The minimum atomic E-state index is 0.0502. The highest BCUT2D eigenvalue weighted by Gasteiger charge is 2.09. The number of benzene rings is 1. The number of carbonyl (C=O) groups excluding carboxylic acids is 1. The molecule has 0 atom stereocenters.